The molecular weight excluding hydrogens is 544 g/mol. The summed E-state index contributed by atoms with van der Waals surface area (Å²) in [6.07, 6.45) is 0.728. The van der Waals surface area contributed by atoms with E-state index in [1.54, 1.807) is 30.0 Å². The third-order valence-electron chi connectivity index (χ3n) is 6.13. The Kier molecular flexibility index (Phi) is 10.6. The molecule has 0 saturated heterocycles. The molecule has 0 aliphatic carbocycles. The molecule has 4 aromatic rings. The molecule has 1 unspecified atom stereocenters. The van der Waals surface area contributed by atoms with Crippen molar-refractivity contribution in [2.24, 2.45) is 0 Å². The van der Waals surface area contributed by atoms with E-state index in [4.69, 9.17) is 4.74 Å². The first-order valence-corrected chi connectivity index (χ1v) is 15.6. The summed E-state index contributed by atoms with van der Waals surface area (Å²) >= 11 is 1.69. The highest BCUT2D eigenvalue weighted by atomic mass is 32.2. The minimum absolute atomic E-state index is 0.0968. The van der Waals surface area contributed by atoms with E-state index in [0.717, 1.165) is 22.3 Å². The normalized spacial score (nSPS) is 13.0. The molecule has 0 heterocycles. The summed E-state index contributed by atoms with van der Waals surface area (Å²) in [7, 11) is -3.57. The van der Waals surface area contributed by atoms with Crippen LogP contribution in [-0.4, -0.2) is 44.1 Å². The van der Waals surface area contributed by atoms with Crippen molar-refractivity contribution in [2.45, 2.75) is 35.0 Å². The van der Waals surface area contributed by atoms with Crippen molar-refractivity contribution in [3.63, 3.8) is 0 Å². The second kappa shape index (κ2) is 14.3. The molecular formula is C31H34N2O5S2. The van der Waals surface area contributed by atoms with Crippen LogP contribution in [0.15, 0.2) is 113 Å². The zero-order chi connectivity index (χ0) is 28.4. The van der Waals surface area contributed by atoms with Gasteiger partial charge in [0.25, 0.3) is 0 Å². The van der Waals surface area contributed by atoms with E-state index in [1.807, 2.05) is 60.7 Å². The molecule has 9 heteroatoms. The van der Waals surface area contributed by atoms with Gasteiger partial charge in [-0.25, -0.2) is 8.42 Å². The van der Waals surface area contributed by atoms with Crippen molar-refractivity contribution in [3.05, 3.63) is 120 Å². The molecule has 0 radical (unpaired) electrons. The van der Waals surface area contributed by atoms with Gasteiger partial charge in [-0.15, -0.1) is 0 Å². The quantitative estimate of drug-likeness (QED) is 0.167. The number of nitrogens with one attached hydrogen (secondary N) is 2. The molecule has 4 aromatic carbocycles. The SMILES string of the molecule is CS(=O)(=O)Nc1cc(C(O)CN[C@H](CO)Cc2ccc(Sc3ccccc3)cc2)ccc1OCc1ccccc1. The smallest absolute Gasteiger partial charge is 0.229 e. The van der Waals surface area contributed by atoms with E-state index in [0.29, 0.717) is 17.7 Å². The van der Waals surface area contributed by atoms with E-state index in [9.17, 15) is 18.6 Å². The van der Waals surface area contributed by atoms with Gasteiger partial charge < -0.3 is 20.3 Å². The zero-order valence-corrected chi connectivity index (χ0v) is 23.9. The Morgan fingerprint density at radius 3 is 2.15 bits per heavy atom. The van der Waals surface area contributed by atoms with Gasteiger partial charge >= 0.3 is 0 Å². The molecule has 0 amide bonds. The third kappa shape index (κ3) is 9.39. The van der Waals surface area contributed by atoms with Gasteiger partial charge in [-0.2, -0.15) is 0 Å². The number of ether oxygens (including phenoxy) is 1. The molecule has 0 aliphatic rings. The maximum absolute atomic E-state index is 12.0. The predicted molar refractivity (Wildman–Crippen MR) is 160 cm³/mol. The van der Waals surface area contributed by atoms with E-state index >= 15 is 0 Å². The lowest BCUT2D eigenvalue weighted by Gasteiger charge is -2.21. The highest BCUT2D eigenvalue weighted by Crippen LogP contribution is 2.30. The van der Waals surface area contributed by atoms with Crippen LogP contribution in [0.2, 0.25) is 0 Å². The minimum atomic E-state index is -3.57. The van der Waals surface area contributed by atoms with Crippen molar-refractivity contribution in [1.29, 1.82) is 0 Å². The van der Waals surface area contributed by atoms with Crippen LogP contribution in [0.4, 0.5) is 5.69 Å². The van der Waals surface area contributed by atoms with Crippen molar-refractivity contribution >= 4 is 27.5 Å². The lowest BCUT2D eigenvalue weighted by Crippen LogP contribution is -2.37. The van der Waals surface area contributed by atoms with Crippen LogP contribution < -0.4 is 14.8 Å². The Bertz CT molecular complexity index is 1450. The van der Waals surface area contributed by atoms with Crippen molar-refractivity contribution < 1.29 is 23.4 Å². The van der Waals surface area contributed by atoms with Crippen LogP contribution in [0.3, 0.4) is 0 Å². The first kappa shape index (κ1) is 29.6. The molecule has 0 aliphatic heterocycles. The summed E-state index contributed by atoms with van der Waals surface area (Å²) in [5.41, 5.74) is 2.78. The van der Waals surface area contributed by atoms with Crippen molar-refractivity contribution in [3.8, 4) is 5.75 Å². The number of anilines is 1. The molecule has 2 atom stereocenters. The fraction of sp³-hybridized carbons (Fsp3) is 0.226. The lowest BCUT2D eigenvalue weighted by molar-refractivity contribution is 0.158. The molecule has 0 saturated carbocycles. The van der Waals surface area contributed by atoms with Crippen molar-refractivity contribution in [1.82, 2.24) is 5.32 Å². The van der Waals surface area contributed by atoms with Crippen LogP contribution in [0.1, 0.15) is 22.8 Å². The molecule has 210 valence electrons. The number of aliphatic hydroxyl groups excluding tert-OH is 2. The molecule has 0 spiro atoms. The first-order valence-electron chi connectivity index (χ1n) is 12.9. The lowest BCUT2D eigenvalue weighted by atomic mass is 10.0. The van der Waals surface area contributed by atoms with Gasteiger partial charge in [0.15, 0.2) is 0 Å². The summed E-state index contributed by atoms with van der Waals surface area (Å²) in [6.45, 7) is 0.350. The summed E-state index contributed by atoms with van der Waals surface area (Å²) in [4.78, 5) is 2.30. The van der Waals surface area contributed by atoms with Gasteiger partial charge in [0, 0.05) is 22.4 Å². The molecule has 4 rings (SSSR count). The first-order chi connectivity index (χ1) is 19.3. The summed E-state index contributed by atoms with van der Waals surface area (Å²) in [6, 6.07) is 32.6. The number of rotatable bonds is 14. The fourth-order valence-electron chi connectivity index (χ4n) is 4.10. The Hall–Kier alpha value is -3.34. The average Bonchev–Trinajstić information content (AvgIpc) is 2.95. The largest absolute Gasteiger partial charge is 0.487 e. The second-order valence-electron chi connectivity index (χ2n) is 9.47. The zero-order valence-electron chi connectivity index (χ0n) is 22.2. The number of hydrogen-bond donors (Lipinski definition) is 4. The predicted octanol–water partition coefficient (Wildman–Crippen LogP) is 5.01. The number of sulfonamides is 1. The highest BCUT2D eigenvalue weighted by Gasteiger charge is 2.16. The van der Waals surface area contributed by atoms with Crippen LogP contribution >= 0.6 is 11.8 Å². The van der Waals surface area contributed by atoms with Gasteiger partial charge in [-0.3, -0.25) is 4.72 Å². The molecule has 0 fully saturated rings. The van der Waals surface area contributed by atoms with Crippen LogP contribution in [0.5, 0.6) is 5.75 Å². The molecule has 4 N–H and O–H groups in total. The standard InChI is InChI=1S/C31H34N2O5S2/c1-40(36,37)33-29-19-25(14-17-31(29)38-22-24-8-4-2-5-9-24)30(35)20-32-26(21-34)18-23-12-15-28(16-13-23)39-27-10-6-3-7-11-27/h2-17,19,26,30,32-35H,18,20-22H2,1H3/t26-,30?/m0/s1. The van der Waals surface area contributed by atoms with Crippen LogP contribution in [0, 0.1) is 0 Å². The maximum atomic E-state index is 12.0. The maximum Gasteiger partial charge on any atom is 0.229 e. The Balaban J connectivity index is 1.36. The van der Waals surface area contributed by atoms with Crippen LogP contribution in [-0.2, 0) is 23.1 Å². The molecule has 0 bridgehead atoms. The monoisotopic (exact) mass is 578 g/mol. The van der Waals surface area contributed by atoms with Gasteiger partial charge in [0.2, 0.25) is 10.0 Å². The summed E-state index contributed by atoms with van der Waals surface area (Å²) < 4.78 is 32.3. The van der Waals surface area contributed by atoms with E-state index in [2.05, 4.69) is 34.3 Å². The fourth-order valence-corrected chi connectivity index (χ4v) is 5.49. The topological polar surface area (TPSA) is 108 Å². The average molecular weight is 579 g/mol. The Morgan fingerprint density at radius 2 is 1.50 bits per heavy atom. The van der Waals surface area contributed by atoms with Gasteiger partial charge in [-0.1, -0.05) is 78.5 Å². The second-order valence-corrected chi connectivity index (χ2v) is 12.4. The summed E-state index contributed by atoms with van der Waals surface area (Å²) in [5.74, 6) is 0.361. The third-order valence-corrected chi connectivity index (χ3v) is 7.73. The number of hydrogen-bond acceptors (Lipinski definition) is 7. The van der Waals surface area contributed by atoms with Gasteiger partial charge in [0.1, 0.15) is 12.4 Å². The van der Waals surface area contributed by atoms with Crippen molar-refractivity contribution in [2.75, 3.05) is 24.1 Å². The number of benzene rings is 4. The number of aliphatic hydroxyl groups is 2. The van der Waals surface area contributed by atoms with Crippen LogP contribution in [0.25, 0.3) is 0 Å². The van der Waals surface area contributed by atoms with E-state index < -0.39 is 16.1 Å². The summed E-state index contributed by atoms with van der Waals surface area (Å²) in [5, 5.41) is 24.0. The van der Waals surface area contributed by atoms with Gasteiger partial charge in [0.05, 0.1) is 24.7 Å². The Labute approximate surface area is 240 Å². The molecule has 7 nitrogen and oxygen atoms in total. The Morgan fingerprint density at radius 1 is 0.850 bits per heavy atom. The minimum Gasteiger partial charge on any atom is -0.487 e. The molecule has 0 aromatic heterocycles. The molecule has 40 heavy (non-hydrogen) atoms. The van der Waals surface area contributed by atoms with E-state index in [1.165, 1.54) is 4.90 Å². The van der Waals surface area contributed by atoms with Gasteiger partial charge in [-0.05, 0) is 59.5 Å². The highest BCUT2D eigenvalue weighted by molar-refractivity contribution is 7.99. The van der Waals surface area contributed by atoms with E-state index in [-0.39, 0.29) is 31.5 Å².